The molecule has 0 aliphatic heterocycles. The molecule has 0 radical (unpaired) electrons. The van der Waals surface area contributed by atoms with Crippen LogP contribution in [-0.4, -0.2) is 0 Å². The van der Waals surface area contributed by atoms with Crippen LogP contribution >= 0.6 is 28.3 Å². The maximum Gasteiger partial charge on any atom is 0.137 e. The first-order chi connectivity index (χ1) is 6.50. The van der Waals surface area contributed by atoms with E-state index in [1.165, 1.54) is 6.07 Å². The average molecular weight is 297 g/mol. The lowest BCUT2D eigenvalue weighted by Crippen LogP contribution is -2.12. The molecular formula is C11H16BrClFN. The summed E-state index contributed by atoms with van der Waals surface area (Å²) in [4.78, 5) is 0. The maximum absolute atomic E-state index is 12.9. The van der Waals surface area contributed by atoms with Gasteiger partial charge in [-0.05, 0) is 46.0 Å². The Labute approximate surface area is 105 Å². The summed E-state index contributed by atoms with van der Waals surface area (Å²) in [5.74, 6) is 0.305. The third-order valence-corrected chi connectivity index (χ3v) is 2.70. The van der Waals surface area contributed by atoms with Gasteiger partial charge in [0.1, 0.15) is 5.82 Å². The number of rotatable bonds is 3. The van der Waals surface area contributed by atoms with Gasteiger partial charge in [0, 0.05) is 6.04 Å². The molecule has 0 aromatic heterocycles. The van der Waals surface area contributed by atoms with E-state index in [1.54, 1.807) is 12.1 Å². The number of halogens is 3. The van der Waals surface area contributed by atoms with Crippen molar-refractivity contribution < 1.29 is 4.39 Å². The summed E-state index contributed by atoms with van der Waals surface area (Å²) in [7, 11) is 0. The first-order valence-corrected chi connectivity index (χ1v) is 5.50. The Bertz CT molecular complexity index is 317. The molecule has 0 unspecified atom stereocenters. The Morgan fingerprint density at radius 2 is 2.00 bits per heavy atom. The predicted octanol–water partition coefficient (Wildman–Crippen LogP) is 4.06. The van der Waals surface area contributed by atoms with Crippen molar-refractivity contribution in [3.63, 3.8) is 0 Å². The predicted molar refractivity (Wildman–Crippen MR) is 67.7 cm³/mol. The van der Waals surface area contributed by atoms with Crippen LogP contribution in [0.1, 0.15) is 31.9 Å². The Kier molecular flexibility index (Phi) is 6.41. The van der Waals surface area contributed by atoms with Gasteiger partial charge in [-0.2, -0.15) is 0 Å². The van der Waals surface area contributed by atoms with Crippen molar-refractivity contribution in [1.82, 2.24) is 0 Å². The topological polar surface area (TPSA) is 26.0 Å². The first kappa shape index (κ1) is 14.9. The Hall–Kier alpha value is -0.120. The standard InChI is InChI=1S/C11H15BrFN.ClH/c1-7(2)5-11(14)8-3-4-10(13)9(12)6-8;/h3-4,6-7,11H,5,14H2,1-2H3;1H/t11-;/m0./s1. The van der Waals surface area contributed by atoms with Crippen LogP contribution in [0.5, 0.6) is 0 Å². The van der Waals surface area contributed by atoms with Gasteiger partial charge in [0.25, 0.3) is 0 Å². The zero-order valence-corrected chi connectivity index (χ0v) is 11.2. The van der Waals surface area contributed by atoms with Crippen molar-refractivity contribution in [2.45, 2.75) is 26.3 Å². The van der Waals surface area contributed by atoms with Crippen molar-refractivity contribution in [2.24, 2.45) is 11.7 Å². The summed E-state index contributed by atoms with van der Waals surface area (Å²) in [5, 5.41) is 0. The second-order valence-corrected chi connectivity index (χ2v) is 4.76. The SMILES string of the molecule is CC(C)C[C@H](N)c1ccc(F)c(Br)c1.Cl. The van der Waals surface area contributed by atoms with E-state index >= 15 is 0 Å². The minimum absolute atomic E-state index is 0. The van der Waals surface area contributed by atoms with E-state index in [2.05, 4.69) is 29.8 Å². The van der Waals surface area contributed by atoms with Gasteiger partial charge in [-0.15, -0.1) is 12.4 Å². The summed E-state index contributed by atoms with van der Waals surface area (Å²) >= 11 is 3.15. The Balaban J connectivity index is 0.00000196. The molecule has 1 atom stereocenters. The molecule has 0 heterocycles. The molecule has 0 amide bonds. The van der Waals surface area contributed by atoms with Gasteiger partial charge >= 0.3 is 0 Å². The van der Waals surface area contributed by atoms with E-state index in [-0.39, 0.29) is 24.3 Å². The largest absolute Gasteiger partial charge is 0.324 e. The van der Waals surface area contributed by atoms with Gasteiger partial charge in [-0.1, -0.05) is 19.9 Å². The van der Waals surface area contributed by atoms with E-state index in [0.29, 0.717) is 10.4 Å². The highest BCUT2D eigenvalue weighted by Crippen LogP contribution is 2.23. The monoisotopic (exact) mass is 295 g/mol. The van der Waals surface area contributed by atoms with Crippen LogP contribution in [0.15, 0.2) is 22.7 Å². The van der Waals surface area contributed by atoms with Gasteiger partial charge in [0.2, 0.25) is 0 Å². The zero-order chi connectivity index (χ0) is 10.7. The summed E-state index contributed by atoms with van der Waals surface area (Å²) in [6, 6.07) is 4.93. The minimum Gasteiger partial charge on any atom is -0.324 e. The average Bonchev–Trinajstić information content (AvgIpc) is 2.08. The fourth-order valence-electron chi connectivity index (χ4n) is 1.39. The van der Waals surface area contributed by atoms with Crippen molar-refractivity contribution in [3.8, 4) is 0 Å². The zero-order valence-electron chi connectivity index (χ0n) is 8.84. The molecule has 0 saturated heterocycles. The van der Waals surface area contributed by atoms with Crippen LogP contribution < -0.4 is 5.73 Å². The summed E-state index contributed by atoms with van der Waals surface area (Å²) in [6.45, 7) is 4.25. The normalized spacial score (nSPS) is 12.4. The van der Waals surface area contributed by atoms with E-state index in [4.69, 9.17) is 5.73 Å². The van der Waals surface area contributed by atoms with E-state index in [1.807, 2.05) is 0 Å². The second kappa shape index (κ2) is 6.46. The molecule has 2 N–H and O–H groups in total. The van der Waals surface area contributed by atoms with Crippen LogP contribution in [0, 0.1) is 11.7 Å². The fourth-order valence-corrected chi connectivity index (χ4v) is 1.78. The third kappa shape index (κ3) is 4.49. The molecule has 15 heavy (non-hydrogen) atoms. The molecule has 0 saturated carbocycles. The van der Waals surface area contributed by atoms with Crippen molar-refractivity contribution >= 4 is 28.3 Å². The number of nitrogens with two attached hydrogens (primary N) is 1. The maximum atomic E-state index is 12.9. The number of hydrogen-bond donors (Lipinski definition) is 1. The van der Waals surface area contributed by atoms with Crippen LogP contribution in [0.4, 0.5) is 4.39 Å². The smallest absolute Gasteiger partial charge is 0.137 e. The molecule has 0 spiro atoms. The lowest BCUT2D eigenvalue weighted by Gasteiger charge is -2.14. The molecule has 1 nitrogen and oxygen atoms in total. The molecule has 0 bridgehead atoms. The van der Waals surface area contributed by atoms with Crippen LogP contribution in [0.3, 0.4) is 0 Å². The van der Waals surface area contributed by atoms with E-state index in [9.17, 15) is 4.39 Å². The van der Waals surface area contributed by atoms with Crippen LogP contribution in [-0.2, 0) is 0 Å². The van der Waals surface area contributed by atoms with Gasteiger partial charge in [0.05, 0.1) is 4.47 Å². The number of benzene rings is 1. The van der Waals surface area contributed by atoms with Crippen molar-refractivity contribution in [1.29, 1.82) is 0 Å². The lowest BCUT2D eigenvalue weighted by molar-refractivity contribution is 0.509. The molecular weight excluding hydrogens is 280 g/mol. The summed E-state index contributed by atoms with van der Waals surface area (Å²) in [6.07, 6.45) is 0.915. The van der Waals surface area contributed by atoms with E-state index in [0.717, 1.165) is 12.0 Å². The first-order valence-electron chi connectivity index (χ1n) is 4.71. The van der Waals surface area contributed by atoms with Gasteiger partial charge in [-0.25, -0.2) is 4.39 Å². The highest BCUT2D eigenvalue weighted by atomic mass is 79.9. The van der Waals surface area contributed by atoms with Gasteiger partial charge in [0.15, 0.2) is 0 Å². The number of hydrogen-bond acceptors (Lipinski definition) is 1. The molecule has 0 aliphatic carbocycles. The lowest BCUT2D eigenvalue weighted by atomic mass is 9.98. The van der Waals surface area contributed by atoms with Gasteiger partial charge < -0.3 is 5.73 Å². The Morgan fingerprint density at radius 1 is 1.40 bits per heavy atom. The third-order valence-electron chi connectivity index (χ3n) is 2.10. The highest BCUT2D eigenvalue weighted by Gasteiger charge is 2.09. The quantitative estimate of drug-likeness (QED) is 0.894. The van der Waals surface area contributed by atoms with E-state index < -0.39 is 0 Å². The van der Waals surface area contributed by atoms with Crippen LogP contribution in [0.2, 0.25) is 0 Å². The molecule has 4 heteroatoms. The highest BCUT2D eigenvalue weighted by molar-refractivity contribution is 9.10. The minimum atomic E-state index is -0.245. The summed E-state index contributed by atoms with van der Waals surface area (Å²) < 4.78 is 13.4. The molecule has 1 aromatic rings. The molecule has 0 fully saturated rings. The second-order valence-electron chi connectivity index (χ2n) is 3.91. The van der Waals surface area contributed by atoms with Crippen molar-refractivity contribution in [3.05, 3.63) is 34.1 Å². The fraction of sp³-hybridized carbons (Fsp3) is 0.455. The van der Waals surface area contributed by atoms with Crippen molar-refractivity contribution in [2.75, 3.05) is 0 Å². The molecule has 86 valence electrons. The molecule has 1 aromatic carbocycles. The molecule has 1 rings (SSSR count). The van der Waals surface area contributed by atoms with Crippen LogP contribution in [0.25, 0.3) is 0 Å². The summed E-state index contributed by atoms with van der Waals surface area (Å²) in [5.41, 5.74) is 6.95. The molecule has 0 aliphatic rings. The van der Waals surface area contributed by atoms with Gasteiger partial charge in [-0.3, -0.25) is 0 Å². The Morgan fingerprint density at radius 3 is 2.47 bits per heavy atom.